The smallest absolute Gasteiger partial charge is 0.219 e. The lowest BCUT2D eigenvalue weighted by Crippen LogP contribution is -2.23. The lowest BCUT2D eigenvalue weighted by Gasteiger charge is -2.10. The van der Waals surface area contributed by atoms with Gasteiger partial charge < -0.3 is 14.6 Å². The van der Waals surface area contributed by atoms with Gasteiger partial charge in [-0.1, -0.05) is 31.2 Å². The summed E-state index contributed by atoms with van der Waals surface area (Å²) in [6.07, 6.45) is 2.22. The zero-order chi connectivity index (χ0) is 18.4. The minimum absolute atomic E-state index is 0.0942. The molecule has 3 rings (SSSR count). The average molecular weight is 351 g/mol. The van der Waals surface area contributed by atoms with Crippen LogP contribution in [0, 0.1) is 0 Å². The van der Waals surface area contributed by atoms with E-state index in [-0.39, 0.29) is 5.91 Å². The lowest BCUT2D eigenvalue weighted by molar-refractivity contribution is -0.120. The van der Waals surface area contributed by atoms with Crippen molar-refractivity contribution < 1.29 is 9.53 Å². The Balaban J connectivity index is 1.78. The largest absolute Gasteiger partial charge is 0.497 e. The normalized spacial score (nSPS) is 10.8. The highest BCUT2D eigenvalue weighted by Crippen LogP contribution is 2.20. The summed E-state index contributed by atoms with van der Waals surface area (Å²) >= 11 is 0. The molecule has 5 nitrogen and oxygen atoms in total. The summed E-state index contributed by atoms with van der Waals surface area (Å²) in [6.45, 7) is 3.31. The molecule has 1 aromatic heterocycles. The first-order chi connectivity index (χ1) is 12.7. The van der Waals surface area contributed by atoms with Crippen LogP contribution in [0.4, 0.5) is 0 Å². The lowest BCUT2D eigenvalue weighted by atomic mass is 10.2. The van der Waals surface area contributed by atoms with Gasteiger partial charge in [-0.05, 0) is 36.2 Å². The fraction of sp³-hybridized carbons (Fsp3) is 0.333. The third-order valence-corrected chi connectivity index (χ3v) is 4.45. The summed E-state index contributed by atoms with van der Waals surface area (Å²) < 4.78 is 7.50. The molecule has 1 amide bonds. The predicted molar refractivity (Wildman–Crippen MR) is 103 cm³/mol. The van der Waals surface area contributed by atoms with Crippen molar-refractivity contribution in [2.24, 2.45) is 0 Å². The molecule has 0 aliphatic carbocycles. The molecule has 26 heavy (non-hydrogen) atoms. The summed E-state index contributed by atoms with van der Waals surface area (Å²) in [5.74, 6) is 2.00. The number of nitrogens with zero attached hydrogens (tertiary/aromatic N) is 2. The topological polar surface area (TPSA) is 56.2 Å². The number of nitrogens with one attached hydrogen (secondary N) is 1. The molecule has 1 N–H and O–H groups in total. The van der Waals surface area contributed by atoms with Gasteiger partial charge in [-0.3, -0.25) is 4.79 Å². The van der Waals surface area contributed by atoms with E-state index in [0.717, 1.165) is 42.0 Å². The Morgan fingerprint density at radius 2 is 1.92 bits per heavy atom. The van der Waals surface area contributed by atoms with Crippen LogP contribution in [0.2, 0.25) is 0 Å². The van der Waals surface area contributed by atoms with Gasteiger partial charge in [0.1, 0.15) is 11.6 Å². The van der Waals surface area contributed by atoms with Crippen LogP contribution in [-0.4, -0.2) is 29.1 Å². The number of imidazole rings is 1. The molecular formula is C21H25N3O2. The fourth-order valence-electron chi connectivity index (χ4n) is 3.01. The summed E-state index contributed by atoms with van der Waals surface area (Å²) in [7, 11) is 1.67. The van der Waals surface area contributed by atoms with Crippen LogP contribution in [0.1, 0.15) is 31.2 Å². The number of aryl methyl sites for hydroxylation is 1. The van der Waals surface area contributed by atoms with Gasteiger partial charge in [0.2, 0.25) is 5.91 Å². The van der Waals surface area contributed by atoms with Crippen molar-refractivity contribution in [1.29, 1.82) is 0 Å². The minimum Gasteiger partial charge on any atom is -0.497 e. The maximum absolute atomic E-state index is 11.4. The number of amides is 1. The van der Waals surface area contributed by atoms with Crippen LogP contribution in [0.3, 0.4) is 0 Å². The van der Waals surface area contributed by atoms with Gasteiger partial charge in [-0.2, -0.15) is 0 Å². The molecule has 2 aromatic carbocycles. The van der Waals surface area contributed by atoms with E-state index >= 15 is 0 Å². The third-order valence-electron chi connectivity index (χ3n) is 4.45. The van der Waals surface area contributed by atoms with E-state index in [9.17, 15) is 4.79 Å². The highest BCUT2D eigenvalue weighted by Gasteiger charge is 2.11. The Kier molecular flexibility index (Phi) is 5.89. The molecule has 0 aliphatic heterocycles. The average Bonchev–Trinajstić information content (AvgIpc) is 3.03. The molecule has 0 spiro atoms. The van der Waals surface area contributed by atoms with Gasteiger partial charge in [0.05, 0.1) is 18.1 Å². The zero-order valence-electron chi connectivity index (χ0n) is 15.4. The number of ether oxygens (including phenoxy) is 1. The Morgan fingerprint density at radius 3 is 2.65 bits per heavy atom. The van der Waals surface area contributed by atoms with E-state index in [1.807, 2.05) is 37.3 Å². The standard InChI is InChI=1S/C21H25N3O2/c1-3-21(25)22-14-6-9-20-23-18-7-4-5-8-19(18)24(20)15-16-10-12-17(26-2)13-11-16/h4-5,7-8,10-13H,3,6,9,14-15H2,1-2H3,(H,22,25). The van der Waals surface area contributed by atoms with Crippen LogP contribution < -0.4 is 10.1 Å². The number of carbonyl (C=O) groups excluding carboxylic acids is 1. The van der Waals surface area contributed by atoms with E-state index in [1.54, 1.807) is 7.11 Å². The Labute approximate surface area is 154 Å². The quantitative estimate of drug-likeness (QED) is 0.632. The minimum atomic E-state index is 0.0942. The summed E-state index contributed by atoms with van der Waals surface area (Å²) in [4.78, 5) is 16.2. The Morgan fingerprint density at radius 1 is 1.15 bits per heavy atom. The number of hydrogen-bond acceptors (Lipinski definition) is 3. The van der Waals surface area contributed by atoms with E-state index in [4.69, 9.17) is 9.72 Å². The number of carbonyl (C=O) groups is 1. The molecule has 0 saturated carbocycles. The molecule has 0 saturated heterocycles. The number of hydrogen-bond donors (Lipinski definition) is 1. The molecule has 3 aromatic rings. The second-order valence-electron chi connectivity index (χ2n) is 6.26. The summed E-state index contributed by atoms with van der Waals surface area (Å²) in [5.41, 5.74) is 3.35. The molecule has 0 unspecified atom stereocenters. The summed E-state index contributed by atoms with van der Waals surface area (Å²) in [5, 5.41) is 2.93. The SMILES string of the molecule is CCC(=O)NCCCc1nc2ccccc2n1Cc1ccc(OC)cc1. The van der Waals surface area contributed by atoms with Gasteiger partial charge in [-0.15, -0.1) is 0 Å². The number of fused-ring (bicyclic) bond motifs is 1. The molecule has 0 radical (unpaired) electrons. The van der Waals surface area contributed by atoms with E-state index in [1.165, 1.54) is 5.56 Å². The van der Waals surface area contributed by atoms with Crippen molar-refractivity contribution >= 4 is 16.9 Å². The summed E-state index contributed by atoms with van der Waals surface area (Å²) in [6, 6.07) is 16.3. The number of rotatable bonds is 8. The highest BCUT2D eigenvalue weighted by molar-refractivity contribution is 5.76. The van der Waals surface area contributed by atoms with Crippen LogP contribution in [-0.2, 0) is 17.8 Å². The van der Waals surface area contributed by atoms with Crippen LogP contribution in [0.5, 0.6) is 5.75 Å². The Bertz CT molecular complexity index is 869. The van der Waals surface area contributed by atoms with Gasteiger partial charge in [0, 0.05) is 25.9 Å². The van der Waals surface area contributed by atoms with Crippen molar-refractivity contribution in [3.05, 3.63) is 59.9 Å². The first-order valence-corrected chi connectivity index (χ1v) is 9.05. The maximum Gasteiger partial charge on any atom is 0.219 e. The van der Waals surface area contributed by atoms with Gasteiger partial charge in [-0.25, -0.2) is 4.98 Å². The van der Waals surface area contributed by atoms with Crippen LogP contribution >= 0.6 is 0 Å². The zero-order valence-corrected chi connectivity index (χ0v) is 15.4. The van der Waals surface area contributed by atoms with Crippen LogP contribution in [0.15, 0.2) is 48.5 Å². The van der Waals surface area contributed by atoms with Crippen molar-refractivity contribution in [2.45, 2.75) is 32.7 Å². The molecule has 1 heterocycles. The number of para-hydroxylation sites is 2. The second-order valence-corrected chi connectivity index (χ2v) is 6.26. The third kappa shape index (κ3) is 4.23. The van der Waals surface area contributed by atoms with E-state index < -0.39 is 0 Å². The molecule has 0 bridgehead atoms. The van der Waals surface area contributed by atoms with E-state index in [0.29, 0.717) is 13.0 Å². The predicted octanol–water partition coefficient (Wildman–Crippen LogP) is 3.55. The maximum atomic E-state index is 11.4. The molecule has 5 heteroatoms. The molecule has 136 valence electrons. The van der Waals surface area contributed by atoms with E-state index in [2.05, 4.69) is 28.1 Å². The number of aromatic nitrogens is 2. The van der Waals surface area contributed by atoms with Crippen LogP contribution in [0.25, 0.3) is 11.0 Å². The Hall–Kier alpha value is -2.82. The monoisotopic (exact) mass is 351 g/mol. The second kappa shape index (κ2) is 8.52. The van der Waals surface area contributed by atoms with Crippen molar-refractivity contribution in [3.8, 4) is 5.75 Å². The molecule has 0 aliphatic rings. The molecule has 0 fully saturated rings. The number of methoxy groups -OCH3 is 1. The van der Waals surface area contributed by atoms with Crippen molar-refractivity contribution in [2.75, 3.05) is 13.7 Å². The first-order valence-electron chi connectivity index (χ1n) is 9.05. The highest BCUT2D eigenvalue weighted by atomic mass is 16.5. The van der Waals surface area contributed by atoms with Gasteiger partial charge >= 0.3 is 0 Å². The fourth-order valence-corrected chi connectivity index (χ4v) is 3.01. The van der Waals surface area contributed by atoms with Gasteiger partial charge in [0.15, 0.2) is 0 Å². The molecular weight excluding hydrogens is 326 g/mol. The number of benzene rings is 2. The molecule has 0 atom stereocenters. The van der Waals surface area contributed by atoms with Crippen molar-refractivity contribution in [3.63, 3.8) is 0 Å². The van der Waals surface area contributed by atoms with Crippen molar-refractivity contribution in [1.82, 2.24) is 14.9 Å². The van der Waals surface area contributed by atoms with Gasteiger partial charge in [0.25, 0.3) is 0 Å². The first kappa shape index (κ1) is 18.0.